The van der Waals surface area contributed by atoms with Gasteiger partial charge in [0.25, 0.3) is 0 Å². The van der Waals surface area contributed by atoms with E-state index in [0.29, 0.717) is 10.2 Å². The lowest BCUT2D eigenvalue weighted by molar-refractivity contribution is -0.171. The van der Waals surface area contributed by atoms with E-state index in [9.17, 15) is 14.7 Å². The summed E-state index contributed by atoms with van der Waals surface area (Å²) in [6.45, 7) is -0.238. The predicted molar refractivity (Wildman–Crippen MR) is 72.5 cm³/mol. The van der Waals surface area contributed by atoms with Gasteiger partial charge in [-0.25, -0.2) is 4.79 Å². The Morgan fingerprint density at radius 3 is 2.84 bits per heavy atom. The minimum absolute atomic E-state index is 0.238. The normalized spacial score (nSPS) is 23.5. The molecule has 0 bridgehead atoms. The molecule has 1 saturated heterocycles. The average molecular weight is 394 g/mol. The van der Waals surface area contributed by atoms with Crippen LogP contribution < -0.4 is 0 Å². The van der Waals surface area contributed by atoms with Crippen LogP contribution in [0.5, 0.6) is 0 Å². The minimum Gasteiger partial charge on any atom is -0.479 e. The van der Waals surface area contributed by atoms with E-state index < -0.39 is 18.1 Å². The molecule has 2 rings (SSSR count). The Bertz CT molecular complexity index is 537. The number of pyridine rings is 1. The molecule has 1 aliphatic heterocycles. The molecule has 1 fully saturated rings. The van der Waals surface area contributed by atoms with E-state index >= 15 is 0 Å². The minimum atomic E-state index is -1.13. The molecule has 0 aliphatic carbocycles. The lowest BCUT2D eigenvalue weighted by Crippen LogP contribution is -2.50. The van der Waals surface area contributed by atoms with Crippen LogP contribution in [0.4, 0.5) is 0 Å². The summed E-state index contributed by atoms with van der Waals surface area (Å²) in [5.41, 5.74) is 0.450. The first-order valence-electron chi connectivity index (χ1n) is 5.33. The fraction of sp³-hybridized carbons (Fsp3) is 0.364. The van der Waals surface area contributed by atoms with E-state index in [1.54, 1.807) is 19.3 Å². The molecule has 102 valence electrons. The average Bonchev–Trinajstić information content (AvgIpc) is 2.33. The number of halogens is 2. The molecule has 2 heterocycles. The molecule has 1 amide bonds. The first-order chi connectivity index (χ1) is 8.91. The van der Waals surface area contributed by atoms with Crippen LogP contribution in [0.25, 0.3) is 0 Å². The molecule has 2 atom stereocenters. The number of carboxylic acids is 1. The topological polar surface area (TPSA) is 79.7 Å². The Morgan fingerprint density at radius 2 is 2.26 bits per heavy atom. The van der Waals surface area contributed by atoms with Gasteiger partial charge in [0.15, 0.2) is 6.10 Å². The Kier molecular flexibility index (Phi) is 4.22. The lowest BCUT2D eigenvalue weighted by Gasteiger charge is -2.36. The van der Waals surface area contributed by atoms with Crippen LogP contribution in [0, 0.1) is 0 Å². The number of likely N-dealkylation sites (N-methyl/N-ethyl adjacent to an activating group) is 1. The van der Waals surface area contributed by atoms with Crippen molar-refractivity contribution >= 4 is 43.7 Å². The molecule has 0 saturated carbocycles. The molecule has 8 heteroatoms. The molecule has 1 aromatic heterocycles. The van der Waals surface area contributed by atoms with E-state index in [-0.39, 0.29) is 12.5 Å². The third kappa shape index (κ3) is 2.80. The third-order valence-corrected chi connectivity index (χ3v) is 3.91. The molecule has 19 heavy (non-hydrogen) atoms. The maximum Gasteiger partial charge on any atom is 0.335 e. The van der Waals surface area contributed by atoms with Gasteiger partial charge >= 0.3 is 5.97 Å². The summed E-state index contributed by atoms with van der Waals surface area (Å²) in [4.78, 5) is 28.5. The summed E-state index contributed by atoms with van der Waals surface area (Å²) in [7, 11) is 1.54. The van der Waals surface area contributed by atoms with Crippen LogP contribution in [0.15, 0.2) is 21.2 Å². The largest absolute Gasteiger partial charge is 0.479 e. The zero-order valence-electron chi connectivity index (χ0n) is 9.84. The number of hydrogen-bond donors (Lipinski definition) is 1. The zero-order chi connectivity index (χ0) is 14.2. The van der Waals surface area contributed by atoms with Crippen LogP contribution in [0.2, 0.25) is 0 Å². The summed E-state index contributed by atoms with van der Waals surface area (Å²) in [5.74, 6) is -1.40. The van der Waals surface area contributed by atoms with Gasteiger partial charge < -0.3 is 14.7 Å². The van der Waals surface area contributed by atoms with Gasteiger partial charge in [0, 0.05) is 22.2 Å². The Balaban J connectivity index is 2.46. The molecule has 0 spiro atoms. The van der Waals surface area contributed by atoms with Gasteiger partial charge in [-0.3, -0.25) is 9.78 Å². The third-order valence-electron chi connectivity index (χ3n) is 2.84. The second-order valence-electron chi connectivity index (χ2n) is 4.04. The molecule has 1 N–H and O–H groups in total. The van der Waals surface area contributed by atoms with E-state index in [1.165, 1.54) is 4.90 Å². The number of nitrogens with zero attached hydrogens (tertiary/aromatic N) is 2. The molecule has 1 aromatic rings. The molecule has 0 aromatic carbocycles. The molecule has 2 unspecified atom stereocenters. The van der Waals surface area contributed by atoms with Crippen LogP contribution in [-0.4, -0.2) is 46.6 Å². The summed E-state index contributed by atoms with van der Waals surface area (Å²) >= 11 is 6.60. The van der Waals surface area contributed by atoms with E-state index in [1.807, 2.05) is 0 Å². The number of carbonyl (C=O) groups is 2. The number of rotatable bonds is 2. The van der Waals surface area contributed by atoms with Crippen molar-refractivity contribution in [2.45, 2.75) is 12.1 Å². The number of carbonyl (C=O) groups excluding carboxylic acids is 1. The molecule has 1 aliphatic rings. The maximum absolute atomic E-state index is 11.7. The number of aliphatic carboxylic acids is 1. The lowest BCUT2D eigenvalue weighted by atomic mass is 10.0. The van der Waals surface area contributed by atoms with Crippen molar-refractivity contribution in [2.75, 3.05) is 13.7 Å². The zero-order valence-corrected chi connectivity index (χ0v) is 13.0. The van der Waals surface area contributed by atoms with E-state index in [4.69, 9.17) is 4.74 Å². The first-order valence-corrected chi connectivity index (χ1v) is 6.91. The summed E-state index contributed by atoms with van der Waals surface area (Å²) in [6, 6.07) is 0.981. The molecule has 6 nitrogen and oxygen atoms in total. The van der Waals surface area contributed by atoms with E-state index in [2.05, 4.69) is 36.8 Å². The van der Waals surface area contributed by atoms with Crippen molar-refractivity contribution in [2.24, 2.45) is 0 Å². The summed E-state index contributed by atoms with van der Waals surface area (Å²) in [5, 5.41) is 9.20. The van der Waals surface area contributed by atoms with Crippen LogP contribution in [0.3, 0.4) is 0 Å². The second-order valence-corrected chi connectivity index (χ2v) is 5.81. The Hall–Kier alpha value is -0.990. The Labute approximate surface area is 126 Å². The quantitative estimate of drug-likeness (QED) is 0.825. The standard InChI is InChI=1S/C11H10Br2N2O4/c1-15-7(16)4-19-10(11(17)18)9(15)8-6(13)2-5(12)3-14-8/h2-3,9-10H,4H2,1H3,(H,17,18). The number of hydrogen-bond acceptors (Lipinski definition) is 4. The highest BCUT2D eigenvalue weighted by atomic mass is 79.9. The molecular weight excluding hydrogens is 384 g/mol. The van der Waals surface area contributed by atoms with Gasteiger partial charge in [0.2, 0.25) is 5.91 Å². The van der Waals surface area contributed by atoms with Crippen molar-refractivity contribution in [1.29, 1.82) is 0 Å². The smallest absolute Gasteiger partial charge is 0.335 e. The number of carboxylic acid groups (broad SMARTS) is 1. The molecular formula is C11H10Br2N2O4. The monoisotopic (exact) mass is 392 g/mol. The van der Waals surface area contributed by atoms with Crippen molar-refractivity contribution in [3.8, 4) is 0 Å². The van der Waals surface area contributed by atoms with Gasteiger partial charge in [0.1, 0.15) is 12.6 Å². The second kappa shape index (κ2) is 5.56. The SMILES string of the molecule is CN1C(=O)COC(C(=O)O)C1c1ncc(Br)cc1Br. The van der Waals surface area contributed by atoms with Crippen molar-refractivity contribution in [1.82, 2.24) is 9.88 Å². The predicted octanol–water partition coefficient (Wildman–Crippen LogP) is 1.59. The van der Waals surface area contributed by atoms with Gasteiger partial charge in [0.05, 0.1) is 5.69 Å². The maximum atomic E-state index is 11.7. The van der Waals surface area contributed by atoms with Crippen LogP contribution in [-0.2, 0) is 14.3 Å². The first kappa shape index (κ1) is 14.4. The highest BCUT2D eigenvalue weighted by Crippen LogP contribution is 2.33. The number of morpholine rings is 1. The molecule has 0 radical (unpaired) electrons. The van der Waals surface area contributed by atoms with E-state index in [0.717, 1.165) is 4.47 Å². The summed E-state index contributed by atoms with van der Waals surface area (Å²) in [6.07, 6.45) is 0.416. The van der Waals surface area contributed by atoms with Crippen molar-refractivity contribution < 1.29 is 19.4 Å². The number of amides is 1. The highest BCUT2D eigenvalue weighted by Gasteiger charge is 2.41. The number of aromatic nitrogens is 1. The fourth-order valence-corrected chi connectivity index (χ4v) is 3.11. The van der Waals surface area contributed by atoms with Crippen molar-refractivity contribution in [3.05, 3.63) is 26.9 Å². The van der Waals surface area contributed by atoms with Crippen molar-refractivity contribution in [3.63, 3.8) is 0 Å². The number of ether oxygens (including phenoxy) is 1. The van der Waals surface area contributed by atoms with Gasteiger partial charge in [-0.2, -0.15) is 0 Å². The van der Waals surface area contributed by atoms with Gasteiger partial charge in [-0.15, -0.1) is 0 Å². The summed E-state index contributed by atoms with van der Waals surface area (Å²) < 4.78 is 6.48. The van der Waals surface area contributed by atoms with Crippen LogP contribution >= 0.6 is 31.9 Å². The fourth-order valence-electron chi connectivity index (χ4n) is 1.89. The van der Waals surface area contributed by atoms with Gasteiger partial charge in [-0.05, 0) is 37.9 Å². The highest BCUT2D eigenvalue weighted by molar-refractivity contribution is 9.11. The van der Waals surface area contributed by atoms with Crippen LogP contribution in [0.1, 0.15) is 11.7 Å². The Morgan fingerprint density at radius 1 is 1.58 bits per heavy atom. The van der Waals surface area contributed by atoms with Gasteiger partial charge in [-0.1, -0.05) is 0 Å².